The lowest BCUT2D eigenvalue weighted by molar-refractivity contribution is -0.227. The van der Waals surface area contributed by atoms with Crippen LogP contribution in [0.4, 0.5) is 17.2 Å². The normalized spacial score (nSPS) is 24.1. The summed E-state index contributed by atoms with van der Waals surface area (Å²) in [4.78, 5) is 73.6. The Labute approximate surface area is 471 Å². The van der Waals surface area contributed by atoms with Gasteiger partial charge in [0, 0.05) is 108 Å². The first-order valence-corrected chi connectivity index (χ1v) is 28.2. The molecule has 19 nitrogen and oxygen atoms in total. The molecule has 2 aromatic rings. The van der Waals surface area contributed by atoms with Crippen molar-refractivity contribution >= 4 is 88.0 Å². The van der Waals surface area contributed by atoms with Gasteiger partial charge in [0.15, 0.2) is 6.29 Å². The zero-order chi connectivity index (χ0) is 58.4. The number of Topliss-reactive ketones (excluding diaryl/α,β-unsaturated/α-hetero) is 1. The first-order valence-electron chi connectivity index (χ1n) is 26.4. The molecule has 2 aromatic heterocycles. The first-order chi connectivity index (χ1) is 36.3. The van der Waals surface area contributed by atoms with E-state index in [9.17, 15) is 24.0 Å². The number of hydrogen-bond donors (Lipinski definition) is 5. The highest BCUT2D eigenvalue weighted by atomic mass is 35.5. The van der Waals surface area contributed by atoms with Crippen molar-refractivity contribution < 1.29 is 57.5 Å². The molecule has 22 heteroatoms. The standard InChI is InChI=1S/C37H52Cl2N6O6S.C9H18O3.C8H15NO2.CH4O/c1-9-42-33-24(16-40)29(25(17-44-33)34(47)45-30-26(38)18-41-19-27(30)39)43-13-14-52-32-28(37(6,7)51-36(32)49)23(5)31(46)22(4)15-20(2)11-10-12-21(3)35(48)50-8;1-7-5-9(2,11-4)6-8(10-3)12-7;1-6-4-7(9(2)3)5-8(10)11-6;1-2/h16-23,28,32,40H,9-15H2,1-8H3,(H,41,45,47)(H2,42,43,44);7-8H,5-6H2,1-4H3;6-7H,4-5H2,1-3H3;2H,1H3/t20?,21?,22-,23?,28?,32?;;;/m1.../s1. The average Bonchev–Trinajstić information content (AvgIpc) is 3.61. The summed E-state index contributed by atoms with van der Waals surface area (Å²) < 4.78 is 31.8. The Bertz CT molecular complexity index is 2210. The van der Waals surface area contributed by atoms with E-state index in [0.717, 1.165) is 51.8 Å². The molecule has 3 aliphatic rings. The Morgan fingerprint density at radius 3 is 2.17 bits per heavy atom. The molecule has 3 fully saturated rings. The number of carbonyl (C=O) groups excluding carboxylic acids is 5. The molecule has 0 bridgehead atoms. The Morgan fingerprint density at radius 1 is 0.961 bits per heavy atom. The number of halogens is 2. The number of esters is 3. The Hall–Kier alpha value is -4.15. The van der Waals surface area contributed by atoms with Crippen LogP contribution in [0.3, 0.4) is 0 Å². The minimum absolute atomic E-state index is 0.0672. The topological polar surface area (TPSA) is 250 Å². The average molecular weight is 1140 g/mol. The van der Waals surface area contributed by atoms with Gasteiger partial charge in [-0.15, -0.1) is 11.8 Å². The molecule has 0 saturated carbocycles. The Kier molecular flexibility index (Phi) is 29.9. The van der Waals surface area contributed by atoms with Crippen molar-refractivity contribution in [3.05, 3.63) is 39.8 Å². The third-order valence-corrected chi connectivity index (χ3v) is 15.9. The molecule has 5 N–H and O–H groups in total. The number of ketones is 1. The van der Waals surface area contributed by atoms with E-state index < -0.39 is 22.7 Å². The van der Waals surface area contributed by atoms with Crippen molar-refractivity contribution in [1.29, 1.82) is 5.41 Å². The van der Waals surface area contributed by atoms with Gasteiger partial charge in [-0.1, -0.05) is 63.7 Å². The summed E-state index contributed by atoms with van der Waals surface area (Å²) in [6.07, 6.45) is 11.9. The van der Waals surface area contributed by atoms with Gasteiger partial charge in [-0.2, -0.15) is 0 Å². The largest absolute Gasteiger partial charge is 0.469 e. The third-order valence-electron chi connectivity index (χ3n) is 14.1. The van der Waals surface area contributed by atoms with Gasteiger partial charge in [0.1, 0.15) is 28.6 Å². The Morgan fingerprint density at radius 2 is 1.61 bits per heavy atom. The maximum absolute atomic E-state index is 13.8. The summed E-state index contributed by atoms with van der Waals surface area (Å²) in [7, 11) is 9.80. The molecule has 3 saturated heterocycles. The molecule has 77 heavy (non-hydrogen) atoms. The summed E-state index contributed by atoms with van der Waals surface area (Å²) in [5, 5.41) is 24.0. The van der Waals surface area contributed by atoms with Gasteiger partial charge >= 0.3 is 17.9 Å². The number of thioether (sulfide) groups is 1. The summed E-state index contributed by atoms with van der Waals surface area (Å²) >= 11 is 13.9. The number of aliphatic hydroxyl groups is 1. The number of cyclic esters (lactones) is 2. The van der Waals surface area contributed by atoms with Crippen molar-refractivity contribution in [1.82, 2.24) is 14.9 Å². The molecule has 5 rings (SSSR count). The summed E-state index contributed by atoms with van der Waals surface area (Å²) in [6, 6.07) is 0.367. The van der Waals surface area contributed by atoms with Crippen molar-refractivity contribution in [2.24, 2.45) is 29.6 Å². The summed E-state index contributed by atoms with van der Waals surface area (Å²) in [5.74, 6) is -1.07. The third kappa shape index (κ3) is 21.1. The maximum atomic E-state index is 13.8. The second kappa shape index (κ2) is 33.4. The number of ether oxygens (including phenoxy) is 6. The Balaban J connectivity index is 0.000000656. The molecule has 11 atom stereocenters. The number of nitrogens with one attached hydrogen (secondary N) is 4. The number of hydrogen-bond acceptors (Lipinski definition) is 19. The van der Waals surface area contributed by atoms with E-state index in [-0.39, 0.29) is 86.8 Å². The first kappa shape index (κ1) is 69.0. The number of pyridine rings is 2. The number of amides is 1. The number of carbonyl (C=O) groups is 5. The molecule has 0 radical (unpaired) electrons. The lowest BCUT2D eigenvalue weighted by atomic mass is 9.74. The number of rotatable bonds is 23. The van der Waals surface area contributed by atoms with Crippen LogP contribution in [0.2, 0.25) is 10.0 Å². The minimum atomic E-state index is -0.841. The number of aliphatic hydroxyl groups excluding tert-OH is 1. The summed E-state index contributed by atoms with van der Waals surface area (Å²) in [5.41, 5.74) is 0.186. The lowest BCUT2D eigenvalue weighted by Gasteiger charge is -2.39. The highest BCUT2D eigenvalue weighted by Crippen LogP contribution is 2.45. The predicted octanol–water partition coefficient (Wildman–Crippen LogP) is 9.59. The van der Waals surface area contributed by atoms with E-state index in [1.54, 1.807) is 14.2 Å². The SMILES string of the molecule is CC1CC(N(C)C)CC(=O)O1.CCNc1ncc(C(=O)Nc2c(Cl)cncc2Cl)c(NCCSC2C(=O)OC(C)(C)C2C(C)C(=O)[C@H](C)CC(C)CCCC(C)C(=O)OC)c1C=N.CO.COC1CC(C)(OC)CC(C)O1. The van der Waals surface area contributed by atoms with Crippen LogP contribution in [0.1, 0.15) is 137 Å². The van der Waals surface area contributed by atoms with Gasteiger partial charge in [-0.05, 0) is 74.4 Å². The van der Waals surface area contributed by atoms with Crippen LogP contribution in [0.25, 0.3) is 0 Å². The van der Waals surface area contributed by atoms with E-state index in [4.69, 9.17) is 62.1 Å². The fraction of sp³-hybridized carbons (Fsp3) is 0.709. The van der Waals surface area contributed by atoms with E-state index in [2.05, 4.69) is 44.7 Å². The van der Waals surface area contributed by atoms with Crippen LogP contribution in [0.5, 0.6) is 0 Å². The van der Waals surface area contributed by atoms with E-state index >= 15 is 0 Å². The van der Waals surface area contributed by atoms with Crippen LogP contribution in [0, 0.1) is 35.0 Å². The van der Waals surface area contributed by atoms with Gasteiger partial charge in [0.25, 0.3) is 5.91 Å². The smallest absolute Gasteiger partial charge is 0.320 e. The van der Waals surface area contributed by atoms with Crippen LogP contribution in [0.15, 0.2) is 18.6 Å². The fourth-order valence-corrected chi connectivity index (χ4v) is 11.9. The minimum Gasteiger partial charge on any atom is -0.469 e. The number of aromatic nitrogens is 2. The van der Waals surface area contributed by atoms with Crippen molar-refractivity contribution in [3.63, 3.8) is 0 Å². The zero-order valence-electron chi connectivity index (χ0n) is 48.3. The van der Waals surface area contributed by atoms with Gasteiger partial charge < -0.3 is 59.8 Å². The fourth-order valence-electron chi connectivity index (χ4n) is 9.98. The second-order valence-electron chi connectivity index (χ2n) is 21.0. The van der Waals surface area contributed by atoms with Gasteiger partial charge in [-0.25, -0.2) is 4.98 Å². The number of nitrogens with zero attached hydrogens (tertiary/aromatic N) is 3. The monoisotopic (exact) mass is 1140 g/mol. The highest BCUT2D eigenvalue weighted by molar-refractivity contribution is 8.00. The van der Waals surface area contributed by atoms with Gasteiger partial charge in [-0.3, -0.25) is 29.0 Å². The quantitative estimate of drug-likeness (QED) is 0.0301. The van der Waals surface area contributed by atoms with Crippen LogP contribution in [-0.4, -0.2) is 158 Å². The highest BCUT2D eigenvalue weighted by Gasteiger charge is 2.54. The predicted molar refractivity (Wildman–Crippen MR) is 305 cm³/mol. The van der Waals surface area contributed by atoms with Crippen molar-refractivity contribution in [3.8, 4) is 0 Å². The van der Waals surface area contributed by atoms with Crippen molar-refractivity contribution in [2.75, 3.05) is 77.3 Å². The zero-order valence-corrected chi connectivity index (χ0v) is 50.6. The molecule has 5 heterocycles. The van der Waals surface area contributed by atoms with Gasteiger partial charge in [0.05, 0.1) is 63.7 Å². The number of anilines is 3. The molecule has 0 aliphatic carbocycles. The molecule has 0 aromatic carbocycles. The maximum Gasteiger partial charge on any atom is 0.320 e. The van der Waals surface area contributed by atoms with E-state index in [1.807, 2.05) is 69.5 Å². The molecule has 0 spiro atoms. The molecular weight excluding hydrogens is 1050 g/mol. The second-order valence-corrected chi connectivity index (χ2v) is 23.1. The molecule has 436 valence electrons. The van der Waals surface area contributed by atoms with Crippen LogP contribution >= 0.6 is 35.0 Å². The summed E-state index contributed by atoms with van der Waals surface area (Å²) in [6.45, 7) is 20.4. The van der Waals surface area contributed by atoms with E-state index in [0.29, 0.717) is 60.7 Å². The molecule has 3 aliphatic heterocycles. The number of methoxy groups -OCH3 is 3. The molecular formula is C55H89Cl2N7O12S. The van der Waals surface area contributed by atoms with Crippen molar-refractivity contribution in [2.45, 2.75) is 162 Å². The van der Waals surface area contributed by atoms with Crippen LogP contribution < -0.4 is 16.0 Å². The van der Waals surface area contributed by atoms with E-state index in [1.165, 1.54) is 37.5 Å². The van der Waals surface area contributed by atoms with Gasteiger partial charge in [0.2, 0.25) is 0 Å². The van der Waals surface area contributed by atoms with Crippen LogP contribution in [-0.2, 0) is 47.6 Å². The molecule has 10 unspecified atom stereocenters. The lowest BCUT2D eigenvalue weighted by Crippen LogP contribution is -2.44. The molecule has 1 amide bonds.